The Morgan fingerprint density at radius 3 is 1.83 bits per heavy atom. The van der Waals surface area contributed by atoms with E-state index in [2.05, 4.69) is 46.4 Å². The molecule has 0 aromatic carbocycles. The van der Waals surface area contributed by atoms with Gasteiger partial charge in [-0.25, -0.2) is 4.79 Å². The third-order valence-electron chi connectivity index (χ3n) is 4.65. The molecule has 0 aromatic rings. The highest BCUT2D eigenvalue weighted by molar-refractivity contribution is 5.72. The first-order valence-corrected chi connectivity index (χ1v) is 9.49. The van der Waals surface area contributed by atoms with Gasteiger partial charge in [0.1, 0.15) is 0 Å². The Morgan fingerprint density at radius 2 is 1.39 bits per heavy atom. The fraction of sp³-hybridized carbons (Fsp3) is 0.950. The van der Waals surface area contributed by atoms with Crippen LogP contribution in [0.5, 0.6) is 0 Å². The SMILES string of the molecule is CCCCCCCCCCC(C(=O)OO)C(C)(C)CC(C)(C)C. The molecule has 1 unspecified atom stereocenters. The van der Waals surface area contributed by atoms with E-state index >= 15 is 0 Å². The number of unbranched alkanes of at least 4 members (excludes halogenated alkanes) is 7. The monoisotopic (exact) mass is 328 g/mol. The highest BCUT2D eigenvalue weighted by Gasteiger charge is 2.38. The fourth-order valence-corrected chi connectivity index (χ4v) is 3.86. The summed E-state index contributed by atoms with van der Waals surface area (Å²) >= 11 is 0. The van der Waals surface area contributed by atoms with E-state index in [0.29, 0.717) is 0 Å². The number of hydrogen-bond donors (Lipinski definition) is 1. The third kappa shape index (κ3) is 10.8. The Balaban J connectivity index is 4.29. The van der Waals surface area contributed by atoms with Gasteiger partial charge >= 0.3 is 5.97 Å². The van der Waals surface area contributed by atoms with Crippen LogP contribution < -0.4 is 0 Å². The zero-order valence-corrected chi connectivity index (χ0v) is 16.4. The number of carbonyl (C=O) groups is 1. The molecule has 0 heterocycles. The van der Waals surface area contributed by atoms with Crippen molar-refractivity contribution < 1.29 is 14.9 Å². The van der Waals surface area contributed by atoms with E-state index in [9.17, 15) is 4.79 Å². The second kappa shape index (κ2) is 11.1. The van der Waals surface area contributed by atoms with E-state index in [1.807, 2.05) is 0 Å². The topological polar surface area (TPSA) is 46.5 Å². The summed E-state index contributed by atoms with van der Waals surface area (Å²) in [6, 6.07) is 0. The molecule has 0 fully saturated rings. The summed E-state index contributed by atoms with van der Waals surface area (Å²) in [5.74, 6) is -0.700. The lowest BCUT2D eigenvalue weighted by molar-refractivity contribution is -0.243. The first kappa shape index (κ1) is 22.4. The minimum Gasteiger partial charge on any atom is -0.301 e. The molecular weight excluding hydrogens is 288 g/mol. The maximum atomic E-state index is 12.0. The van der Waals surface area contributed by atoms with E-state index in [-0.39, 0.29) is 16.7 Å². The van der Waals surface area contributed by atoms with E-state index in [1.54, 1.807) is 0 Å². The largest absolute Gasteiger partial charge is 0.345 e. The average molecular weight is 329 g/mol. The van der Waals surface area contributed by atoms with Crippen molar-refractivity contribution in [3.63, 3.8) is 0 Å². The maximum absolute atomic E-state index is 12.0. The van der Waals surface area contributed by atoms with Crippen LogP contribution in [-0.2, 0) is 9.68 Å². The van der Waals surface area contributed by atoms with Gasteiger partial charge in [-0.05, 0) is 23.7 Å². The van der Waals surface area contributed by atoms with Crippen LogP contribution in [-0.4, -0.2) is 11.2 Å². The number of hydrogen-bond acceptors (Lipinski definition) is 3. The van der Waals surface area contributed by atoms with Crippen molar-refractivity contribution >= 4 is 5.97 Å². The van der Waals surface area contributed by atoms with Crippen molar-refractivity contribution in [3.8, 4) is 0 Å². The highest BCUT2D eigenvalue weighted by Crippen LogP contribution is 2.41. The molecule has 0 saturated heterocycles. The summed E-state index contributed by atoms with van der Waals surface area (Å²) < 4.78 is 0. The van der Waals surface area contributed by atoms with E-state index < -0.39 is 5.97 Å². The number of carbonyl (C=O) groups excluding carboxylic acids is 1. The standard InChI is InChI=1S/C20H40O3/c1-7-8-9-10-11-12-13-14-15-17(18(21)23-22)20(5,6)16-19(2,3)4/h17,22H,7-16H2,1-6H3. The van der Waals surface area contributed by atoms with E-state index in [0.717, 1.165) is 25.7 Å². The molecule has 0 bridgehead atoms. The van der Waals surface area contributed by atoms with Crippen LogP contribution >= 0.6 is 0 Å². The lowest BCUT2D eigenvalue weighted by atomic mass is 9.67. The van der Waals surface area contributed by atoms with Crippen LogP contribution in [0.1, 0.15) is 106 Å². The lowest BCUT2D eigenvalue weighted by Crippen LogP contribution is -2.35. The van der Waals surface area contributed by atoms with Gasteiger partial charge in [0.05, 0.1) is 5.92 Å². The van der Waals surface area contributed by atoms with Gasteiger partial charge in [0.25, 0.3) is 0 Å². The van der Waals surface area contributed by atoms with Gasteiger partial charge in [0.2, 0.25) is 0 Å². The Labute approximate surface area is 144 Å². The Morgan fingerprint density at radius 1 is 0.913 bits per heavy atom. The second-order valence-electron chi connectivity index (χ2n) is 8.95. The van der Waals surface area contributed by atoms with E-state index in [4.69, 9.17) is 5.26 Å². The minimum atomic E-state index is -0.470. The molecular formula is C20H40O3. The van der Waals surface area contributed by atoms with Crippen molar-refractivity contribution in [2.24, 2.45) is 16.7 Å². The molecule has 0 amide bonds. The first-order chi connectivity index (χ1) is 10.6. The smallest absolute Gasteiger partial charge is 0.301 e. The van der Waals surface area contributed by atoms with Gasteiger partial charge in [-0.2, -0.15) is 5.26 Å². The normalized spacial score (nSPS) is 13.9. The van der Waals surface area contributed by atoms with Crippen LogP contribution in [0.15, 0.2) is 0 Å². The molecule has 138 valence electrons. The molecule has 0 rings (SSSR count). The van der Waals surface area contributed by atoms with Gasteiger partial charge in [0.15, 0.2) is 0 Å². The minimum absolute atomic E-state index is 0.150. The van der Waals surface area contributed by atoms with Crippen molar-refractivity contribution in [1.82, 2.24) is 0 Å². The lowest BCUT2D eigenvalue weighted by Gasteiger charge is -2.37. The summed E-state index contributed by atoms with van der Waals surface area (Å²) in [4.78, 5) is 16.1. The third-order valence-corrected chi connectivity index (χ3v) is 4.65. The van der Waals surface area contributed by atoms with Gasteiger partial charge in [0, 0.05) is 0 Å². The molecule has 0 aromatic heterocycles. The zero-order chi connectivity index (χ0) is 17.9. The highest BCUT2D eigenvalue weighted by atomic mass is 17.1. The average Bonchev–Trinajstić information content (AvgIpc) is 2.42. The van der Waals surface area contributed by atoms with Gasteiger partial charge in [-0.3, -0.25) is 0 Å². The summed E-state index contributed by atoms with van der Waals surface area (Å²) in [6.07, 6.45) is 11.7. The molecule has 1 N–H and O–H groups in total. The molecule has 3 heteroatoms. The van der Waals surface area contributed by atoms with Crippen LogP contribution in [0.4, 0.5) is 0 Å². The maximum Gasteiger partial charge on any atom is 0.345 e. The van der Waals surface area contributed by atoms with Crippen LogP contribution in [0, 0.1) is 16.7 Å². The molecule has 0 aliphatic carbocycles. The summed E-state index contributed by atoms with van der Waals surface area (Å²) in [7, 11) is 0. The van der Waals surface area contributed by atoms with Gasteiger partial charge in [-0.1, -0.05) is 92.9 Å². The molecule has 23 heavy (non-hydrogen) atoms. The molecule has 0 spiro atoms. The van der Waals surface area contributed by atoms with E-state index in [1.165, 1.54) is 38.5 Å². The van der Waals surface area contributed by atoms with Crippen LogP contribution in [0.2, 0.25) is 0 Å². The Bertz CT molecular complexity index is 315. The molecule has 0 radical (unpaired) electrons. The van der Waals surface area contributed by atoms with Crippen molar-refractivity contribution in [2.75, 3.05) is 0 Å². The molecule has 0 saturated carbocycles. The Hall–Kier alpha value is -0.570. The van der Waals surface area contributed by atoms with Crippen molar-refractivity contribution in [2.45, 2.75) is 106 Å². The summed E-state index contributed by atoms with van der Waals surface area (Å²) in [5, 5.41) is 8.84. The quantitative estimate of drug-likeness (QED) is 0.249. The first-order valence-electron chi connectivity index (χ1n) is 9.49. The second-order valence-corrected chi connectivity index (χ2v) is 8.95. The van der Waals surface area contributed by atoms with Gasteiger partial charge in [-0.15, -0.1) is 0 Å². The zero-order valence-electron chi connectivity index (χ0n) is 16.4. The molecule has 1 atom stereocenters. The summed E-state index contributed by atoms with van der Waals surface area (Å²) in [6.45, 7) is 13.0. The van der Waals surface area contributed by atoms with Crippen molar-refractivity contribution in [1.29, 1.82) is 0 Å². The number of rotatable bonds is 12. The molecule has 0 aliphatic rings. The summed E-state index contributed by atoms with van der Waals surface area (Å²) in [5.41, 5.74) is -0.0179. The predicted octanol–water partition coefficient (Wildman–Crippen LogP) is 6.61. The van der Waals surface area contributed by atoms with Crippen molar-refractivity contribution in [3.05, 3.63) is 0 Å². The van der Waals surface area contributed by atoms with Crippen LogP contribution in [0.25, 0.3) is 0 Å². The van der Waals surface area contributed by atoms with Crippen LogP contribution in [0.3, 0.4) is 0 Å². The fourth-order valence-electron chi connectivity index (χ4n) is 3.86. The molecule has 3 nitrogen and oxygen atoms in total. The Kier molecular flexibility index (Phi) is 10.8. The van der Waals surface area contributed by atoms with Gasteiger partial charge < -0.3 is 4.89 Å². The molecule has 0 aliphatic heterocycles. The predicted molar refractivity (Wildman–Crippen MR) is 97.3 cm³/mol.